The van der Waals surface area contributed by atoms with Crippen molar-refractivity contribution in [2.24, 2.45) is 5.92 Å². The second-order valence-electron chi connectivity index (χ2n) is 5.67. The van der Waals surface area contributed by atoms with Crippen LogP contribution >= 0.6 is 0 Å². The van der Waals surface area contributed by atoms with Crippen molar-refractivity contribution in [3.05, 3.63) is 54.3 Å². The highest BCUT2D eigenvalue weighted by molar-refractivity contribution is 7.91. The number of hydrogen-bond donors (Lipinski definition) is 1. The smallest absolute Gasteiger partial charge is 0.228 e. The van der Waals surface area contributed by atoms with Gasteiger partial charge in [0, 0.05) is 11.8 Å². The number of amides is 1. The fourth-order valence-corrected chi connectivity index (χ4v) is 4.26. The van der Waals surface area contributed by atoms with Crippen LogP contribution < -0.4 is 10.1 Å². The van der Waals surface area contributed by atoms with Gasteiger partial charge >= 0.3 is 0 Å². The van der Waals surface area contributed by atoms with Crippen molar-refractivity contribution in [1.29, 1.82) is 0 Å². The molecule has 24 heavy (non-hydrogen) atoms. The lowest BCUT2D eigenvalue weighted by Crippen LogP contribution is -2.23. The Bertz CT molecular complexity index is 849. The Labute approximate surface area is 139 Å². The molecule has 1 N–H and O–H groups in total. The van der Waals surface area contributed by atoms with Crippen molar-refractivity contribution >= 4 is 21.4 Å². The molecular weight excluding hydrogens is 333 g/mol. The molecule has 1 atom stereocenters. The third-order valence-electron chi connectivity index (χ3n) is 3.76. The van der Waals surface area contributed by atoms with Gasteiger partial charge < -0.3 is 10.1 Å². The largest absolute Gasteiger partial charge is 0.457 e. The van der Waals surface area contributed by atoms with E-state index in [4.69, 9.17) is 4.74 Å². The Morgan fingerprint density at radius 3 is 2.50 bits per heavy atom. The number of benzene rings is 2. The van der Waals surface area contributed by atoms with Gasteiger partial charge in [0.2, 0.25) is 5.91 Å². The van der Waals surface area contributed by atoms with E-state index in [-0.39, 0.29) is 23.2 Å². The Hall–Kier alpha value is -2.41. The molecule has 1 saturated heterocycles. The first-order valence-electron chi connectivity index (χ1n) is 7.46. The van der Waals surface area contributed by atoms with E-state index in [0.29, 0.717) is 23.6 Å². The number of hydrogen-bond acceptors (Lipinski definition) is 4. The predicted molar refractivity (Wildman–Crippen MR) is 88.3 cm³/mol. The molecule has 0 aliphatic carbocycles. The summed E-state index contributed by atoms with van der Waals surface area (Å²) in [6, 6.07) is 12.4. The second-order valence-corrected chi connectivity index (χ2v) is 7.90. The lowest BCUT2D eigenvalue weighted by Gasteiger charge is -2.10. The van der Waals surface area contributed by atoms with E-state index in [0.717, 1.165) is 0 Å². The molecule has 1 fully saturated rings. The summed E-state index contributed by atoms with van der Waals surface area (Å²) in [5, 5.41) is 2.70. The maximum Gasteiger partial charge on any atom is 0.228 e. The molecule has 1 unspecified atom stereocenters. The van der Waals surface area contributed by atoms with E-state index in [1.54, 1.807) is 36.4 Å². The Morgan fingerprint density at radius 2 is 1.88 bits per heavy atom. The summed E-state index contributed by atoms with van der Waals surface area (Å²) in [6.07, 6.45) is 0.356. The van der Waals surface area contributed by atoms with E-state index >= 15 is 0 Å². The molecule has 7 heteroatoms. The van der Waals surface area contributed by atoms with Crippen molar-refractivity contribution in [3.63, 3.8) is 0 Å². The van der Waals surface area contributed by atoms with Crippen LogP contribution in [0.15, 0.2) is 48.5 Å². The number of sulfone groups is 1. The van der Waals surface area contributed by atoms with Gasteiger partial charge in [-0.05, 0) is 42.8 Å². The van der Waals surface area contributed by atoms with Crippen LogP contribution in [-0.2, 0) is 14.6 Å². The average molecular weight is 349 g/mol. The SMILES string of the molecule is O=C(Nc1ccc(Oc2cccc(F)c2)cc1)C1CCS(=O)(=O)C1. The van der Waals surface area contributed by atoms with Crippen LogP contribution in [0.25, 0.3) is 0 Å². The molecule has 2 aromatic rings. The fourth-order valence-electron chi connectivity index (χ4n) is 2.52. The van der Waals surface area contributed by atoms with Crippen LogP contribution in [-0.4, -0.2) is 25.8 Å². The molecule has 0 aromatic heterocycles. The van der Waals surface area contributed by atoms with E-state index in [2.05, 4.69) is 5.32 Å². The summed E-state index contributed by atoms with van der Waals surface area (Å²) in [6.45, 7) is 0. The zero-order valence-electron chi connectivity index (χ0n) is 12.7. The van der Waals surface area contributed by atoms with E-state index in [1.807, 2.05) is 0 Å². The molecule has 5 nitrogen and oxygen atoms in total. The molecule has 1 amide bonds. The van der Waals surface area contributed by atoms with Crippen molar-refractivity contribution in [2.45, 2.75) is 6.42 Å². The fraction of sp³-hybridized carbons (Fsp3) is 0.235. The first-order chi connectivity index (χ1) is 11.4. The molecule has 126 valence electrons. The minimum absolute atomic E-state index is 0.0610. The first kappa shape index (κ1) is 16.4. The Morgan fingerprint density at radius 1 is 1.12 bits per heavy atom. The van der Waals surface area contributed by atoms with Gasteiger partial charge in [0.05, 0.1) is 17.4 Å². The molecule has 2 aromatic carbocycles. The normalized spacial score (nSPS) is 19.0. The first-order valence-corrected chi connectivity index (χ1v) is 9.28. The number of carbonyl (C=O) groups excluding carboxylic acids is 1. The highest BCUT2D eigenvalue weighted by Gasteiger charge is 2.32. The van der Waals surface area contributed by atoms with Gasteiger partial charge in [0.1, 0.15) is 17.3 Å². The molecule has 3 rings (SSSR count). The van der Waals surface area contributed by atoms with Gasteiger partial charge in [-0.3, -0.25) is 4.79 Å². The third kappa shape index (κ3) is 4.11. The number of rotatable bonds is 4. The number of anilines is 1. The van der Waals surface area contributed by atoms with E-state index in [9.17, 15) is 17.6 Å². The lowest BCUT2D eigenvalue weighted by atomic mass is 10.1. The van der Waals surface area contributed by atoms with Gasteiger partial charge in [-0.25, -0.2) is 12.8 Å². The highest BCUT2D eigenvalue weighted by atomic mass is 32.2. The maximum absolute atomic E-state index is 13.1. The predicted octanol–water partition coefficient (Wildman–Crippen LogP) is 2.99. The minimum Gasteiger partial charge on any atom is -0.457 e. The summed E-state index contributed by atoms with van der Waals surface area (Å²) >= 11 is 0. The number of nitrogens with one attached hydrogen (secondary N) is 1. The van der Waals surface area contributed by atoms with Crippen molar-refractivity contribution in [1.82, 2.24) is 0 Å². The Kier molecular flexibility index (Phi) is 4.53. The standard InChI is InChI=1S/C17H16FNO4S/c18-13-2-1-3-16(10-13)23-15-6-4-14(5-7-15)19-17(20)12-8-9-24(21,22)11-12/h1-7,10,12H,8-9,11H2,(H,19,20). The summed E-state index contributed by atoms with van der Waals surface area (Å²) in [7, 11) is -3.09. The van der Waals surface area contributed by atoms with Crippen molar-refractivity contribution in [2.75, 3.05) is 16.8 Å². The van der Waals surface area contributed by atoms with Crippen LogP contribution in [0.3, 0.4) is 0 Å². The van der Waals surface area contributed by atoms with Crippen molar-refractivity contribution in [3.8, 4) is 11.5 Å². The van der Waals surface area contributed by atoms with Crippen LogP contribution in [0.1, 0.15) is 6.42 Å². The molecule has 0 spiro atoms. The molecule has 0 bridgehead atoms. The highest BCUT2D eigenvalue weighted by Crippen LogP contribution is 2.25. The lowest BCUT2D eigenvalue weighted by molar-refractivity contribution is -0.119. The van der Waals surface area contributed by atoms with Crippen molar-refractivity contribution < 1.29 is 22.3 Å². The summed E-state index contributed by atoms with van der Waals surface area (Å²) in [4.78, 5) is 12.1. The molecule has 0 saturated carbocycles. The van der Waals surface area contributed by atoms with Crippen LogP contribution in [0.2, 0.25) is 0 Å². The van der Waals surface area contributed by atoms with Crippen LogP contribution in [0.5, 0.6) is 11.5 Å². The van der Waals surface area contributed by atoms with Gasteiger partial charge in [0.25, 0.3) is 0 Å². The second kappa shape index (κ2) is 6.60. The zero-order valence-corrected chi connectivity index (χ0v) is 13.6. The zero-order chi connectivity index (χ0) is 17.2. The van der Waals surface area contributed by atoms with Gasteiger partial charge in [-0.15, -0.1) is 0 Å². The van der Waals surface area contributed by atoms with Gasteiger partial charge in [0.15, 0.2) is 9.84 Å². The number of ether oxygens (including phenoxy) is 1. The molecule has 1 aliphatic heterocycles. The van der Waals surface area contributed by atoms with E-state index in [1.165, 1.54) is 12.1 Å². The molecular formula is C17H16FNO4S. The monoisotopic (exact) mass is 349 g/mol. The topological polar surface area (TPSA) is 72.5 Å². The quantitative estimate of drug-likeness (QED) is 0.921. The third-order valence-corrected chi connectivity index (χ3v) is 5.52. The average Bonchev–Trinajstić information content (AvgIpc) is 2.90. The summed E-state index contributed by atoms with van der Waals surface area (Å²) in [5.41, 5.74) is 0.552. The molecule has 0 radical (unpaired) electrons. The molecule has 1 aliphatic rings. The van der Waals surface area contributed by atoms with Crippen LogP contribution in [0.4, 0.5) is 10.1 Å². The minimum atomic E-state index is -3.09. The van der Waals surface area contributed by atoms with Gasteiger partial charge in [-0.1, -0.05) is 6.07 Å². The number of halogens is 1. The van der Waals surface area contributed by atoms with E-state index < -0.39 is 15.8 Å². The maximum atomic E-state index is 13.1. The van der Waals surface area contributed by atoms with Gasteiger partial charge in [-0.2, -0.15) is 0 Å². The summed E-state index contributed by atoms with van der Waals surface area (Å²) in [5.74, 6) is -0.341. The van der Waals surface area contributed by atoms with Crippen LogP contribution in [0, 0.1) is 11.7 Å². The molecule has 1 heterocycles. The summed E-state index contributed by atoms with van der Waals surface area (Å²) < 4.78 is 41.5. The number of carbonyl (C=O) groups is 1. The Balaban J connectivity index is 1.61.